The maximum atomic E-state index is 12.7. The minimum absolute atomic E-state index is 0.166. The Balaban J connectivity index is 1.97. The largest absolute Gasteiger partial charge is 0.334 e. The van der Waals surface area contributed by atoms with Crippen LogP contribution in [-0.4, -0.2) is 42.9 Å². The van der Waals surface area contributed by atoms with Crippen molar-refractivity contribution in [3.8, 4) is 0 Å². The molecule has 1 heterocycles. The highest BCUT2D eigenvalue weighted by atomic mass is 16.2. The Morgan fingerprint density at radius 2 is 1.45 bits per heavy atom. The van der Waals surface area contributed by atoms with Gasteiger partial charge in [0.25, 0.3) is 11.8 Å². The van der Waals surface area contributed by atoms with Crippen LogP contribution in [0.25, 0.3) is 10.8 Å². The van der Waals surface area contributed by atoms with Crippen molar-refractivity contribution in [3.63, 3.8) is 0 Å². The Morgan fingerprint density at radius 1 is 0.909 bits per heavy atom. The van der Waals surface area contributed by atoms with Gasteiger partial charge in [-0.05, 0) is 31.4 Å². The van der Waals surface area contributed by atoms with Crippen LogP contribution in [0.15, 0.2) is 36.4 Å². The van der Waals surface area contributed by atoms with Gasteiger partial charge in [0.05, 0.1) is 26.2 Å². The molecule has 0 saturated carbocycles. The van der Waals surface area contributed by atoms with E-state index in [0.717, 1.165) is 30.4 Å². The van der Waals surface area contributed by atoms with Crippen molar-refractivity contribution in [2.24, 2.45) is 0 Å². The molecule has 2 amide bonds. The van der Waals surface area contributed by atoms with E-state index in [4.69, 9.17) is 0 Å². The quantitative estimate of drug-likeness (QED) is 0.847. The molecule has 0 unspecified atom stereocenters. The number of hydrogen-bond donors (Lipinski definition) is 1. The van der Waals surface area contributed by atoms with Crippen LogP contribution in [-0.2, 0) is 0 Å². The van der Waals surface area contributed by atoms with E-state index < -0.39 is 0 Å². The molecule has 0 aromatic heterocycles. The van der Waals surface area contributed by atoms with Crippen LogP contribution in [0.2, 0.25) is 0 Å². The zero-order chi connectivity index (χ0) is 15.7. The van der Waals surface area contributed by atoms with Crippen LogP contribution in [0.3, 0.4) is 0 Å². The van der Waals surface area contributed by atoms with E-state index in [1.165, 1.54) is 9.80 Å². The maximum Gasteiger partial charge on any atom is 0.261 e. The number of likely N-dealkylation sites (N-methyl/N-ethyl adjacent to an activating group) is 1. The predicted molar refractivity (Wildman–Crippen MR) is 86.2 cm³/mol. The van der Waals surface area contributed by atoms with Gasteiger partial charge in [0, 0.05) is 16.5 Å². The lowest BCUT2D eigenvalue weighted by Gasteiger charge is -2.28. The Kier molecular flexibility index (Phi) is 3.94. The molecule has 3 rings (SSSR count). The van der Waals surface area contributed by atoms with Crippen molar-refractivity contribution in [2.75, 3.05) is 26.2 Å². The average molecular weight is 297 g/mol. The van der Waals surface area contributed by atoms with Crippen molar-refractivity contribution in [1.82, 2.24) is 4.90 Å². The second-order valence-electron chi connectivity index (χ2n) is 5.68. The highest BCUT2D eigenvalue weighted by Gasteiger charge is 2.32. The van der Waals surface area contributed by atoms with Gasteiger partial charge in [-0.25, -0.2) is 0 Å². The fraction of sp³-hybridized carbons (Fsp3) is 0.333. The van der Waals surface area contributed by atoms with Gasteiger partial charge >= 0.3 is 0 Å². The SMILES string of the molecule is CC[NH+](CC)CCN1C(=O)c2cccc3cccc(c23)C1=O. The van der Waals surface area contributed by atoms with Crippen LogP contribution >= 0.6 is 0 Å². The van der Waals surface area contributed by atoms with E-state index in [9.17, 15) is 9.59 Å². The monoisotopic (exact) mass is 297 g/mol. The standard InChI is InChI=1S/C18H20N2O2/c1-3-19(4-2)11-12-20-17(21)14-9-5-7-13-8-6-10-15(16(13)14)18(20)22/h5-10H,3-4,11-12H2,1-2H3/p+1. The lowest BCUT2D eigenvalue weighted by Crippen LogP contribution is -3.12. The van der Waals surface area contributed by atoms with E-state index >= 15 is 0 Å². The molecule has 1 aliphatic heterocycles. The van der Waals surface area contributed by atoms with Gasteiger partial charge in [0.15, 0.2) is 0 Å². The molecular formula is C18H21N2O2+. The number of carbonyl (C=O) groups excluding carboxylic acids is 2. The summed E-state index contributed by atoms with van der Waals surface area (Å²) in [6.07, 6.45) is 0. The summed E-state index contributed by atoms with van der Waals surface area (Å²) < 4.78 is 0. The summed E-state index contributed by atoms with van der Waals surface area (Å²) in [6, 6.07) is 11.3. The number of carbonyl (C=O) groups is 2. The van der Waals surface area contributed by atoms with Gasteiger partial charge in [0.2, 0.25) is 0 Å². The third kappa shape index (κ3) is 2.29. The summed E-state index contributed by atoms with van der Waals surface area (Å²) in [5, 5.41) is 1.75. The molecule has 0 spiro atoms. The molecule has 2 aromatic carbocycles. The Morgan fingerprint density at radius 3 is 1.95 bits per heavy atom. The zero-order valence-electron chi connectivity index (χ0n) is 13.1. The minimum Gasteiger partial charge on any atom is -0.334 e. The second-order valence-corrected chi connectivity index (χ2v) is 5.68. The van der Waals surface area contributed by atoms with Crippen molar-refractivity contribution in [1.29, 1.82) is 0 Å². The van der Waals surface area contributed by atoms with E-state index in [1.807, 2.05) is 36.4 Å². The molecule has 1 N–H and O–H groups in total. The van der Waals surface area contributed by atoms with Gasteiger partial charge < -0.3 is 4.90 Å². The molecule has 4 heteroatoms. The van der Waals surface area contributed by atoms with Crippen LogP contribution < -0.4 is 4.90 Å². The van der Waals surface area contributed by atoms with Crippen molar-refractivity contribution < 1.29 is 14.5 Å². The highest BCUT2D eigenvalue weighted by Crippen LogP contribution is 2.29. The normalized spacial score (nSPS) is 14.2. The highest BCUT2D eigenvalue weighted by molar-refractivity contribution is 6.25. The van der Waals surface area contributed by atoms with Gasteiger partial charge in [0.1, 0.15) is 0 Å². The number of rotatable bonds is 5. The first kappa shape index (κ1) is 14.7. The van der Waals surface area contributed by atoms with Crippen molar-refractivity contribution >= 4 is 22.6 Å². The van der Waals surface area contributed by atoms with E-state index in [2.05, 4.69) is 13.8 Å². The number of hydrogen-bond acceptors (Lipinski definition) is 2. The van der Waals surface area contributed by atoms with Gasteiger partial charge in [-0.3, -0.25) is 14.5 Å². The molecule has 2 aromatic rings. The van der Waals surface area contributed by atoms with Gasteiger partial charge in [-0.2, -0.15) is 0 Å². The molecule has 22 heavy (non-hydrogen) atoms. The number of quaternary nitrogens is 1. The summed E-state index contributed by atoms with van der Waals surface area (Å²) in [7, 11) is 0. The smallest absolute Gasteiger partial charge is 0.261 e. The van der Waals surface area contributed by atoms with Crippen LogP contribution in [0.1, 0.15) is 34.6 Å². The molecular weight excluding hydrogens is 276 g/mol. The molecule has 0 aliphatic carbocycles. The number of amides is 2. The summed E-state index contributed by atoms with van der Waals surface area (Å²) in [5.74, 6) is -0.332. The summed E-state index contributed by atoms with van der Waals surface area (Å²) in [5.41, 5.74) is 1.28. The Bertz CT molecular complexity index is 684. The lowest BCUT2D eigenvalue weighted by atomic mass is 9.94. The Labute approximate surface area is 130 Å². The average Bonchev–Trinajstić information content (AvgIpc) is 2.56. The molecule has 0 saturated heterocycles. The molecule has 0 radical (unpaired) electrons. The summed E-state index contributed by atoms with van der Waals surface area (Å²) in [4.78, 5) is 28.2. The second kappa shape index (κ2) is 5.89. The van der Waals surface area contributed by atoms with Crippen LogP contribution in [0.4, 0.5) is 0 Å². The van der Waals surface area contributed by atoms with Crippen molar-refractivity contribution in [2.45, 2.75) is 13.8 Å². The number of nitrogens with one attached hydrogen (secondary N) is 1. The van der Waals surface area contributed by atoms with Crippen molar-refractivity contribution in [3.05, 3.63) is 47.5 Å². The first-order chi connectivity index (χ1) is 10.7. The first-order valence-corrected chi connectivity index (χ1v) is 7.88. The molecule has 0 atom stereocenters. The zero-order valence-corrected chi connectivity index (χ0v) is 13.1. The third-order valence-corrected chi connectivity index (χ3v) is 4.54. The lowest BCUT2D eigenvalue weighted by molar-refractivity contribution is -0.895. The molecule has 0 fully saturated rings. The number of nitrogens with zero attached hydrogens (tertiary/aromatic N) is 1. The van der Waals surface area contributed by atoms with Gasteiger partial charge in [-0.15, -0.1) is 0 Å². The van der Waals surface area contributed by atoms with Gasteiger partial charge in [-0.1, -0.05) is 24.3 Å². The molecule has 1 aliphatic rings. The molecule has 0 bridgehead atoms. The fourth-order valence-electron chi connectivity index (χ4n) is 3.16. The van der Waals surface area contributed by atoms with E-state index in [-0.39, 0.29) is 11.8 Å². The molecule has 4 nitrogen and oxygen atoms in total. The third-order valence-electron chi connectivity index (χ3n) is 4.54. The summed E-state index contributed by atoms with van der Waals surface area (Å²) >= 11 is 0. The van der Waals surface area contributed by atoms with E-state index in [0.29, 0.717) is 17.7 Å². The predicted octanol–water partition coefficient (Wildman–Crippen LogP) is 1.36. The maximum absolute atomic E-state index is 12.7. The van der Waals surface area contributed by atoms with Crippen LogP contribution in [0.5, 0.6) is 0 Å². The number of imide groups is 1. The summed E-state index contributed by atoms with van der Waals surface area (Å²) in [6.45, 7) is 7.50. The topological polar surface area (TPSA) is 41.8 Å². The fourth-order valence-corrected chi connectivity index (χ4v) is 3.16. The van der Waals surface area contributed by atoms with E-state index in [1.54, 1.807) is 0 Å². The number of benzene rings is 2. The Hall–Kier alpha value is -2.20. The molecule has 114 valence electrons. The van der Waals surface area contributed by atoms with Crippen LogP contribution in [0, 0.1) is 0 Å². The minimum atomic E-state index is -0.166. The first-order valence-electron chi connectivity index (χ1n) is 7.88.